The van der Waals surface area contributed by atoms with Crippen molar-refractivity contribution in [3.63, 3.8) is 0 Å². The fourth-order valence-corrected chi connectivity index (χ4v) is 18.8. The molecule has 28 nitrogen and oxygen atoms in total. The van der Waals surface area contributed by atoms with E-state index >= 15 is 0 Å². The molecule has 28 heteroatoms. The maximum atomic E-state index is 12.8. The minimum atomic E-state index is -0.433. The van der Waals surface area contributed by atoms with Crippen LogP contribution < -0.4 is 52.0 Å². The first-order chi connectivity index (χ1) is 62.8. The zero-order valence-corrected chi connectivity index (χ0v) is 78.1. The van der Waals surface area contributed by atoms with E-state index in [4.69, 9.17) is 9.47 Å². The predicted octanol–water partition coefficient (Wildman–Crippen LogP) is 14.2. The van der Waals surface area contributed by atoms with Gasteiger partial charge in [0, 0.05) is 129 Å². The molecule has 0 aliphatic carbocycles. The van der Waals surface area contributed by atoms with Crippen LogP contribution >= 0.6 is 0 Å². The van der Waals surface area contributed by atoms with E-state index in [1.807, 2.05) is 126 Å². The number of piperidine rings is 6. The molecule has 132 heavy (non-hydrogen) atoms. The van der Waals surface area contributed by atoms with Gasteiger partial charge >= 0.3 is 0 Å². The van der Waals surface area contributed by atoms with Gasteiger partial charge in [-0.3, -0.25) is 57.5 Å². The number of carbonyl (C=O) groups excluding carboxylic acids is 12. The minimum absolute atomic E-state index is 0.0201. The number of benzene rings is 6. The number of nitrogens with zero attached hydrogens (tertiary/aromatic N) is 6. The highest BCUT2D eigenvalue weighted by Gasteiger charge is 2.46. The largest absolute Gasteiger partial charge is 0.491 e. The lowest BCUT2D eigenvalue weighted by Crippen LogP contribution is -2.49. The highest BCUT2D eigenvalue weighted by Crippen LogP contribution is 2.40. The number of fused-ring (bicyclic) bond motifs is 6. The monoisotopic (exact) mass is 1790 g/mol. The lowest BCUT2D eigenvalue weighted by Gasteiger charge is -2.31. The van der Waals surface area contributed by atoms with E-state index in [1.165, 1.54) is 11.1 Å². The molecular formula is C104H126N14O14. The van der Waals surface area contributed by atoms with E-state index < -0.39 is 24.2 Å². The van der Waals surface area contributed by atoms with Crippen LogP contribution in [0, 0.1) is 11.8 Å². The van der Waals surface area contributed by atoms with Crippen LogP contribution in [0.25, 0.3) is 0 Å². The van der Waals surface area contributed by atoms with Gasteiger partial charge in [-0.1, -0.05) is 116 Å². The Morgan fingerprint density at radius 3 is 1.08 bits per heavy atom. The van der Waals surface area contributed by atoms with Crippen molar-refractivity contribution in [2.24, 2.45) is 11.8 Å². The van der Waals surface area contributed by atoms with Crippen LogP contribution in [0.3, 0.4) is 0 Å². The third kappa shape index (κ3) is 22.1. The molecule has 6 aromatic carbocycles. The van der Waals surface area contributed by atoms with Gasteiger partial charge in [0.2, 0.25) is 35.4 Å². The third-order valence-electron chi connectivity index (χ3n) is 24.9. The molecule has 12 amide bonds. The maximum Gasteiger partial charge on any atom is 0.257 e. The van der Waals surface area contributed by atoms with Crippen molar-refractivity contribution in [2.45, 2.75) is 273 Å². The lowest BCUT2D eigenvalue weighted by atomic mass is 9.99. The Hall–Kier alpha value is -13.4. The number of carbonyl (C=O) groups is 12. The summed E-state index contributed by atoms with van der Waals surface area (Å²) in [7, 11) is 0. The normalized spacial score (nSPS) is 21.2. The number of hydrogen-bond acceptors (Lipinski definition) is 16. The summed E-state index contributed by atoms with van der Waals surface area (Å²) in [5.74, 6) is 1.49. The first-order valence-electron chi connectivity index (χ1n) is 46.1. The number of rotatable bonds is 18. The maximum absolute atomic E-state index is 12.8. The van der Waals surface area contributed by atoms with Crippen LogP contribution in [-0.4, -0.2) is 161 Å². The van der Waals surface area contributed by atoms with Crippen LogP contribution in [0.1, 0.15) is 267 Å². The fraction of sp³-hybridized carbons (Fsp3) is 0.423. The Labute approximate surface area is 773 Å². The van der Waals surface area contributed by atoms with Crippen molar-refractivity contribution in [1.82, 2.24) is 61.3 Å². The summed E-state index contributed by atoms with van der Waals surface area (Å²) in [6, 6.07) is 32.8. The average Bonchev–Trinajstić information content (AvgIpc) is 1.62. The van der Waals surface area contributed by atoms with E-state index in [9.17, 15) is 57.5 Å². The molecule has 12 heterocycles. The molecule has 6 fully saturated rings. The van der Waals surface area contributed by atoms with E-state index in [-0.39, 0.29) is 107 Å². The molecule has 0 bridgehead atoms. The molecule has 0 spiro atoms. The highest BCUT2D eigenvalue weighted by molar-refractivity contribution is 6.08. The molecule has 12 aliphatic heterocycles. The standard InChI is InChI=1S/2C18H22N2O2.2C17H21N3O2.2C17H20N2O3/c1-11(2)8-13-5-6-15-14(9-13)10-20(18(15)22)16-7-4-12(3)19-17(16)21;1-11(2)8-13-5-6-14-10-20(18(22)15(14)9-13)16-7-4-12(3)19-17(16)21;1-10(2)18-14-6-4-5-12-13(14)9-20(17(12)22)15-8-7-11(3)19-16(15)21;1-10(2)18-13-6-4-5-12-9-20(17(22)15(12)13)14-8-7-11(3)19-16(14)21;1-10(2)22-13-5-6-14-12(8-13)9-19(17(14)21)15-7-4-11(3)18-16(15)20;1-10(2)22-15-6-4-5-12-13(15)9-19(17(12)21)14-8-7-11(3)18-16(14)20/h2*5-6,9,11,16H,3-4,7-8,10H2,1-2H3,(H,19,21);4-6,10,15,18H,3,7-9H2,1-2H3,(H,19,21);4-6,10,14,18H,3,7-9H2,1-2H3,(H,19,21);5-6,8,10,15H,3-4,7,9H2,1-2H3,(H,18,20);4-6,10,14H,3,7-9H2,1-2H3,(H,18,20). The van der Waals surface area contributed by atoms with Gasteiger partial charge in [-0.25, -0.2) is 0 Å². The molecule has 696 valence electrons. The predicted molar refractivity (Wildman–Crippen MR) is 506 cm³/mol. The van der Waals surface area contributed by atoms with E-state index in [1.54, 1.807) is 41.5 Å². The van der Waals surface area contributed by atoms with E-state index in [0.717, 1.165) is 122 Å². The smallest absolute Gasteiger partial charge is 0.257 e. The van der Waals surface area contributed by atoms with Crippen molar-refractivity contribution in [1.29, 1.82) is 0 Å². The lowest BCUT2D eigenvalue weighted by molar-refractivity contribution is -0.127. The van der Waals surface area contributed by atoms with Crippen molar-refractivity contribution in [3.05, 3.63) is 261 Å². The van der Waals surface area contributed by atoms with Gasteiger partial charge in [0.15, 0.2) is 0 Å². The Balaban J connectivity index is 0.000000135. The second-order valence-corrected chi connectivity index (χ2v) is 37.9. The van der Waals surface area contributed by atoms with Crippen molar-refractivity contribution in [2.75, 3.05) is 10.6 Å². The molecule has 12 aliphatic rings. The molecular weight excluding hydrogens is 1670 g/mol. The van der Waals surface area contributed by atoms with Gasteiger partial charge in [0.25, 0.3) is 35.4 Å². The van der Waals surface area contributed by atoms with Gasteiger partial charge in [0.1, 0.15) is 47.8 Å². The van der Waals surface area contributed by atoms with E-state index in [2.05, 4.69) is 136 Å². The SMILES string of the molecule is C=C1CCC(N2Cc3c(NC(C)C)cccc3C2=O)C(=O)N1.C=C1CCC(N2Cc3c(OC(C)C)cccc3C2=O)C(=O)N1.C=C1CCC(N2Cc3cc(CC(C)C)ccc3C2=O)C(=O)N1.C=C1CCC(N2Cc3cc(OC(C)C)ccc3C2=O)C(=O)N1.C=C1CCC(N2Cc3ccc(CC(C)C)cc3C2=O)C(=O)N1.C=C1CCC(N2Cc3cccc(NC(C)C)c3C2=O)C(=O)N1. The number of allylic oxidation sites excluding steroid dienone is 6. The topological polar surface area (TPSA) is 339 Å². The summed E-state index contributed by atoms with van der Waals surface area (Å²) < 4.78 is 11.5. The summed E-state index contributed by atoms with van der Waals surface area (Å²) in [4.78, 5) is 159. The zero-order chi connectivity index (χ0) is 95.1. The van der Waals surface area contributed by atoms with Crippen LogP contribution in [0.4, 0.5) is 11.4 Å². The molecule has 18 rings (SSSR count). The Morgan fingerprint density at radius 2 is 0.652 bits per heavy atom. The van der Waals surface area contributed by atoms with Crippen LogP contribution in [-0.2, 0) is 80.9 Å². The molecule has 6 unspecified atom stereocenters. The average molecular weight is 1800 g/mol. The van der Waals surface area contributed by atoms with Crippen molar-refractivity contribution in [3.8, 4) is 11.5 Å². The van der Waals surface area contributed by atoms with Crippen molar-refractivity contribution < 1.29 is 67.0 Å². The van der Waals surface area contributed by atoms with Crippen LogP contribution in [0.5, 0.6) is 11.5 Å². The molecule has 0 saturated carbocycles. The Morgan fingerprint density at radius 1 is 0.318 bits per heavy atom. The second-order valence-electron chi connectivity index (χ2n) is 37.9. The van der Waals surface area contributed by atoms with E-state index in [0.29, 0.717) is 143 Å². The summed E-state index contributed by atoms with van der Waals surface area (Å²) in [5, 5.41) is 23.2. The highest BCUT2D eigenvalue weighted by atomic mass is 16.5. The second kappa shape index (κ2) is 41.4. The van der Waals surface area contributed by atoms with Gasteiger partial charge in [0.05, 0.1) is 24.3 Å². The van der Waals surface area contributed by atoms with Gasteiger partial charge in [-0.15, -0.1) is 0 Å². The fourth-order valence-electron chi connectivity index (χ4n) is 18.8. The first-order valence-corrected chi connectivity index (χ1v) is 46.1. The van der Waals surface area contributed by atoms with Gasteiger partial charge < -0.3 is 81.4 Å². The molecule has 6 atom stereocenters. The summed E-state index contributed by atoms with van der Waals surface area (Å²) in [6.07, 6.45) is 10.2. The quantitative estimate of drug-likeness (QED) is 0.0396. The van der Waals surface area contributed by atoms with Gasteiger partial charge in [-0.05, 0) is 251 Å². The minimum Gasteiger partial charge on any atom is -0.491 e. The number of anilines is 2. The Kier molecular flexibility index (Phi) is 30.1. The van der Waals surface area contributed by atoms with Crippen LogP contribution in [0.2, 0.25) is 0 Å². The molecule has 8 N–H and O–H groups in total. The van der Waals surface area contributed by atoms with Gasteiger partial charge in [-0.2, -0.15) is 0 Å². The third-order valence-corrected chi connectivity index (χ3v) is 24.9. The molecule has 6 aromatic rings. The zero-order valence-electron chi connectivity index (χ0n) is 78.1. The summed E-state index contributed by atoms with van der Waals surface area (Å²) in [5.41, 5.74) is 18.7. The van der Waals surface area contributed by atoms with Crippen LogP contribution in [0.15, 0.2) is 183 Å². The first kappa shape index (κ1) is 96.2. The molecule has 0 aromatic heterocycles. The number of hydrogen-bond donors (Lipinski definition) is 8. The number of nitrogens with one attached hydrogen (secondary N) is 8. The molecule has 0 radical (unpaired) electrons. The summed E-state index contributed by atoms with van der Waals surface area (Å²) in [6.45, 7) is 50.3. The van der Waals surface area contributed by atoms with Crippen molar-refractivity contribution >= 4 is 82.3 Å². The Bertz CT molecular complexity index is 5330. The summed E-state index contributed by atoms with van der Waals surface area (Å²) >= 11 is 0. The molecule has 6 saturated heterocycles. The number of amides is 12. The number of ether oxygens (including phenoxy) is 2.